The average molecular weight is 363 g/mol. The number of hydrogen-bond acceptors (Lipinski definition) is 5. The molecule has 0 saturated carbocycles. The monoisotopic (exact) mass is 363 g/mol. The number of ether oxygens (including phenoxy) is 1. The Hall–Kier alpha value is -1.83. The Morgan fingerprint density at radius 2 is 2.16 bits per heavy atom. The van der Waals surface area contributed by atoms with E-state index in [0.29, 0.717) is 10.7 Å². The number of aromatic nitrogens is 1. The van der Waals surface area contributed by atoms with Gasteiger partial charge >= 0.3 is 0 Å². The number of morpholine rings is 1. The molecule has 2 aromatic rings. The number of amides is 1. The van der Waals surface area contributed by atoms with Gasteiger partial charge in [0.1, 0.15) is 5.82 Å². The van der Waals surface area contributed by atoms with E-state index in [9.17, 15) is 9.18 Å². The number of benzene rings is 1. The third kappa shape index (κ3) is 5.32. The zero-order chi connectivity index (χ0) is 17.8. The number of rotatable bonds is 5. The molecule has 1 amide bonds. The van der Waals surface area contributed by atoms with Gasteiger partial charge in [0, 0.05) is 25.0 Å². The first-order chi connectivity index (χ1) is 12.0. The van der Waals surface area contributed by atoms with Crippen LogP contribution in [0.25, 0.3) is 0 Å². The Kier molecular flexibility index (Phi) is 5.78. The van der Waals surface area contributed by atoms with Crippen molar-refractivity contribution >= 4 is 22.4 Å². The molecule has 1 aliphatic rings. The maximum Gasteiger partial charge on any atom is 0.230 e. The minimum Gasteiger partial charge on any atom is -0.373 e. The maximum atomic E-state index is 13.2. The van der Waals surface area contributed by atoms with E-state index >= 15 is 0 Å². The van der Waals surface area contributed by atoms with Crippen LogP contribution >= 0.6 is 11.3 Å². The first-order valence-corrected chi connectivity index (χ1v) is 9.22. The highest BCUT2D eigenvalue weighted by atomic mass is 32.1. The zero-order valence-electron chi connectivity index (χ0n) is 14.4. The standard InChI is InChI=1S/C18H22FN3O2S/c1-12-8-22(9-13(2)24-12)10-16-11-25-18(20-16)21-17(23)7-14-4-3-5-15(19)6-14/h3-6,11-13H,7-10H2,1-2H3,(H,20,21,23). The number of carbonyl (C=O) groups excluding carboxylic acids is 1. The average Bonchev–Trinajstić information content (AvgIpc) is 2.92. The van der Waals surface area contributed by atoms with Gasteiger partial charge in [0.15, 0.2) is 5.13 Å². The second-order valence-electron chi connectivity index (χ2n) is 6.45. The molecule has 1 aromatic carbocycles. The number of hydrogen-bond donors (Lipinski definition) is 1. The summed E-state index contributed by atoms with van der Waals surface area (Å²) in [5.41, 5.74) is 1.58. The summed E-state index contributed by atoms with van der Waals surface area (Å²) in [5.74, 6) is -0.532. The highest BCUT2D eigenvalue weighted by Gasteiger charge is 2.22. The van der Waals surface area contributed by atoms with Crippen molar-refractivity contribution in [3.63, 3.8) is 0 Å². The third-order valence-electron chi connectivity index (χ3n) is 3.93. The van der Waals surface area contributed by atoms with E-state index in [2.05, 4.69) is 29.0 Å². The topological polar surface area (TPSA) is 54.5 Å². The van der Waals surface area contributed by atoms with Gasteiger partial charge in [-0.2, -0.15) is 0 Å². The van der Waals surface area contributed by atoms with Crippen molar-refractivity contribution in [1.29, 1.82) is 0 Å². The summed E-state index contributed by atoms with van der Waals surface area (Å²) in [6.07, 6.45) is 0.561. The number of nitrogens with zero attached hydrogens (tertiary/aromatic N) is 2. The van der Waals surface area contributed by atoms with Crippen LogP contribution in [0.15, 0.2) is 29.6 Å². The summed E-state index contributed by atoms with van der Waals surface area (Å²) in [6.45, 7) is 6.64. The van der Waals surface area contributed by atoms with Crippen molar-refractivity contribution in [3.8, 4) is 0 Å². The minimum absolute atomic E-state index is 0.130. The molecule has 1 aromatic heterocycles. The third-order valence-corrected chi connectivity index (χ3v) is 4.74. The lowest BCUT2D eigenvalue weighted by molar-refractivity contribution is -0.115. The number of halogens is 1. The first kappa shape index (κ1) is 18.0. The molecule has 1 aliphatic heterocycles. The van der Waals surface area contributed by atoms with Crippen LogP contribution in [0.2, 0.25) is 0 Å². The largest absolute Gasteiger partial charge is 0.373 e. The predicted octanol–water partition coefficient (Wildman–Crippen LogP) is 3.07. The van der Waals surface area contributed by atoms with E-state index in [4.69, 9.17) is 4.74 Å². The second kappa shape index (κ2) is 8.03. The molecule has 2 unspecified atom stereocenters. The lowest BCUT2D eigenvalue weighted by atomic mass is 10.1. The molecule has 1 N–H and O–H groups in total. The molecular formula is C18H22FN3O2S. The summed E-state index contributed by atoms with van der Waals surface area (Å²) in [5, 5.41) is 5.32. The minimum atomic E-state index is -0.337. The Morgan fingerprint density at radius 3 is 2.88 bits per heavy atom. The number of anilines is 1. The van der Waals surface area contributed by atoms with Crippen LogP contribution < -0.4 is 5.32 Å². The molecule has 0 aliphatic carbocycles. The molecule has 3 rings (SSSR count). The van der Waals surface area contributed by atoms with Crippen LogP contribution in [-0.4, -0.2) is 41.1 Å². The lowest BCUT2D eigenvalue weighted by Gasteiger charge is -2.34. The number of nitrogens with one attached hydrogen (secondary N) is 1. The van der Waals surface area contributed by atoms with Crippen molar-refractivity contribution in [1.82, 2.24) is 9.88 Å². The van der Waals surface area contributed by atoms with Crippen molar-refractivity contribution in [2.75, 3.05) is 18.4 Å². The van der Waals surface area contributed by atoms with Crippen LogP contribution in [0, 0.1) is 5.82 Å². The normalized spacial score (nSPS) is 21.2. The van der Waals surface area contributed by atoms with E-state index in [-0.39, 0.29) is 30.4 Å². The van der Waals surface area contributed by atoms with E-state index in [1.165, 1.54) is 23.5 Å². The predicted molar refractivity (Wildman–Crippen MR) is 96.1 cm³/mol. The van der Waals surface area contributed by atoms with Gasteiger partial charge in [-0.1, -0.05) is 12.1 Å². The van der Waals surface area contributed by atoms with Crippen LogP contribution in [0.4, 0.5) is 9.52 Å². The van der Waals surface area contributed by atoms with E-state index < -0.39 is 0 Å². The molecule has 1 saturated heterocycles. The van der Waals surface area contributed by atoms with Gasteiger partial charge in [-0.05, 0) is 31.5 Å². The van der Waals surface area contributed by atoms with Gasteiger partial charge in [-0.25, -0.2) is 9.37 Å². The number of carbonyl (C=O) groups is 1. The summed E-state index contributed by atoms with van der Waals surface area (Å²) < 4.78 is 18.9. The Balaban J connectivity index is 1.53. The van der Waals surface area contributed by atoms with Crippen LogP contribution in [0.1, 0.15) is 25.1 Å². The fourth-order valence-electron chi connectivity index (χ4n) is 3.08. The zero-order valence-corrected chi connectivity index (χ0v) is 15.2. The molecular weight excluding hydrogens is 341 g/mol. The molecule has 5 nitrogen and oxygen atoms in total. The summed E-state index contributed by atoms with van der Waals surface area (Å²) in [4.78, 5) is 18.9. The van der Waals surface area contributed by atoms with Crippen LogP contribution in [-0.2, 0) is 22.5 Å². The summed E-state index contributed by atoms with van der Waals surface area (Å²) >= 11 is 1.41. The highest BCUT2D eigenvalue weighted by molar-refractivity contribution is 7.13. The molecule has 134 valence electrons. The van der Waals surface area contributed by atoms with Crippen molar-refractivity contribution in [3.05, 3.63) is 46.7 Å². The Morgan fingerprint density at radius 1 is 1.40 bits per heavy atom. The molecule has 25 heavy (non-hydrogen) atoms. The van der Waals surface area contributed by atoms with Gasteiger partial charge in [-0.15, -0.1) is 11.3 Å². The fraction of sp³-hybridized carbons (Fsp3) is 0.444. The summed E-state index contributed by atoms with van der Waals surface area (Å²) in [7, 11) is 0. The molecule has 2 atom stereocenters. The number of thiazole rings is 1. The van der Waals surface area contributed by atoms with Gasteiger partial charge < -0.3 is 10.1 Å². The smallest absolute Gasteiger partial charge is 0.230 e. The quantitative estimate of drug-likeness (QED) is 0.887. The first-order valence-electron chi connectivity index (χ1n) is 8.34. The van der Waals surface area contributed by atoms with Gasteiger partial charge in [-0.3, -0.25) is 9.69 Å². The summed E-state index contributed by atoms with van der Waals surface area (Å²) in [6, 6.07) is 6.07. The van der Waals surface area contributed by atoms with Crippen molar-refractivity contribution < 1.29 is 13.9 Å². The highest BCUT2D eigenvalue weighted by Crippen LogP contribution is 2.19. The van der Waals surface area contributed by atoms with Crippen molar-refractivity contribution in [2.45, 2.75) is 39.0 Å². The molecule has 0 spiro atoms. The van der Waals surface area contributed by atoms with Crippen LogP contribution in [0.5, 0.6) is 0 Å². The molecule has 2 heterocycles. The molecule has 1 fully saturated rings. The van der Waals surface area contributed by atoms with Gasteiger partial charge in [0.05, 0.1) is 24.3 Å². The Bertz CT molecular complexity index is 727. The van der Waals surface area contributed by atoms with E-state index in [1.807, 2.05) is 5.38 Å². The van der Waals surface area contributed by atoms with Crippen LogP contribution in [0.3, 0.4) is 0 Å². The lowest BCUT2D eigenvalue weighted by Crippen LogP contribution is -2.44. The second-order valence-corrected chi connectivity index (χ2v) is 7.31. The SMILES string of the molecule is CC1CN(Cc2csc(NC(=O)Cc3cccc(F)c3)n2)CC(C)O1. The molecule has 0 bridgehead atoms. The Labute approximate surface area is 150 Å². The fourth-order valence-corrected chi connectivity index (χ4v) is 3.79. The van der Waals surface area contributed by atoms with Crippen molar-refractivity contribution in [2.24, 2.45) is 0 Å². The van der Waals surface area contributed by atoms with Gasteiger partial charge in [0.2, 0.25) is 5.91 Å². The molecule has 0 radical (unpaired) electrons. The van der Waals surface area contributed by atoms with E-state index in [0.717, 1.165) is 25.3 Å². The maximum absolute atomic E-state index is 13.2. The van der Waals surface area contributed by atoms with Gasteiger partial charge in [0.25, 0.3) is 0 Å². The van der Waals surface area contributed by atoms with E-state index in [1.54, 1.807) is 12.1 Å². The molecule has 7 heteroatoms.